The van der Waals surface area contributed by atoms with E-state index in [1.807, 2.05) is 25.1 Å². The van der Waals surface area contributed by atoms with Gasteiger partial charge in [-0.25, -0.2) is 4.79 Å². The van der Waals surface area contributed by atoms with E-state index in [0.29, 0.717) is 23.5 Å². The van der Waals surface area contributed by atoms with E-state index in [2.05, 4.69) is 21.2 Å². The van der Waals surface area contributed by atoms with Gasteiger partial charge in [0.15, 0.2) is 0 Å². The second-order valence-corrected chi connectivity index (χ2v) is 5.49. The molecule has 0 aromatic heterocycles. The molecule has 0 aliphatic rings. The number of nitrogen functional groups attached to an aromatic ring is 1. The van der Waals surface area contributed by atoms with Crippen molar-refractivity contribution in [2.75, 3.05) is 17.7 Å². The van der Waals surface area contributed by atoms with Gasteiger partial charge in [-0.3, -0.25) is 0 Å². The van der Waals surface area contributed by atoms with E-state index in [-0.39, 0.29) is 0 Å². The van der Waals surface area contributed by atoms with Crippen molar-refractivity contribution in [1.82, 2.24) is 0 Å². The summed E-state index contributed by atoms with van der Waals surface area (Å²) in [5.41, 5.74) is 9.38. The standard InChI is InChI=1S/C16H17BrN2O2/c1-3-21-16(20)12-9-11(18)5-7-14(12)19-15-6-4-10(2)8-13(15)17/h4-9,19H,3,18H2,1-2H3. The zero-order chi connectivity index (χ0) is 15.4. The number of aryl methyl sites for hydroxylation is 1. The molecule has 2 rings (SSSR count). The van der Waals surface area contributed by atoms with Crippen molar-refractivity contribution >= 4 is 39.0 Å². The summed E-state index contributed by atoms with van der Waals surface area (Å²) in [7, 11) is 0. The number of hydrogen-bond donors (Lipinski definition) is 2. The quantitative estimate of drug-likeness (QED) is 0.639. The zero-order valence-electron chi connectivity index (χ0n) is 11.9. The van der Waals surface area contributed by atoms with Gasteiger partial charge in [0.1, 0.15) is 0 Å². The second-order valence-electron chi connectivity index (χ2n) is 4.63. The van der Waals surface area contributed by atoms with Crippen molar-refractivity contribution in [2.45, 2.75) is 13.8 Å². The molecule has 0 spiro atoms. The molecule has 3 N–H and O–H groups in total. The molecule has 5 heteroatoms. The summed E-state index contributed by atoms with van der Waals surface area (Å²) in [5.74, 6) is -0.393. The van der Waals surface area contributed by atoms with Crippen LogP contribution in [0.1, 0.15) is 22.8 Å². The number of nitrogens with one attached hydrogen (secondary N) is 1. The largest absolute Gasteiger partial charge is 0.462 e. The van der Waals surface area contributed by atoms with Gasteiger partial charge in [0.05, 0.1) is 23.5 Å². The van der Waals surface area contributed by atoms with E-state index in [9.17, 15) is 4.79 Å². The number of anilines is 3. The van der Waals surface area contributed by atoms with E-state index in [4.69, 9.17) is 10.5 Å². The summed E-state index contributed by atoms with van der Waals surface area (Å²) in [6.07, 6.45) is 0. The smallest absolute Gasteiger partial charge is 0.340 e. The van der Waals surface area contributed by atoms with Gasteiger partial charge in [-0.1, -0.05) is 6.07 Å². The molecule has 2 aromatic carbocycles. The number of carbonyl (C=O) groups is 1. The Balaban J connectivity index is 2.37. The molecule has 2 aromatic rings. The number of nitrogens with two attached hydrogens (primary N) is 1. The fourth-order valence-corrected chi connectivity index (χ4v) is 2.51. The Bertz CT molecular complexity index is 671. The summed E-state index contributed by atoms with van der Waals surface area (Å²) >= 11 is 3.51. The number of rotatable bonds is 4. The minimum Gasteiger partial charge on any atom is -0.462 e. The summed E-state index contributed by atoms with van der Waals surface area (Å²) < 4.78 is 5.99. The van der Waals surface area contributed by atoms with Gasteiger partial charge in [-0.05, 0) is 65.7 Å². The van der Waals surface area contributed by atoms with Crippen LogP contribution in [0.3, 0.4) is 0 Å². The van der Waals surface area contributed by atoms with Gasteiger partial charge >= 0.3 is 5.97 Å². The van der Waals surface area contributed by atoms with Crippen molar-refractivity contribution in [3.8, 4) is 0 Å². The number of hydrogen-bond acceptors (Lipinski definition) is 4. The molecule has 0 unspecified atom stereocenters. The molecule has 0 saturated carbocycles. The van der Waals surface area contributed by atoms with Crippen LogP contribution in [0.4, 0.5) is 17.1 Å². The third-order valence-corrected chi connectivity index (χ3v) is 3.59. The molecule has 0 fully saturated rings. The van der Waals surface area contributed by atoms with Crippen LogP contribution in [0.5, 0.6) is 0 Å². The molecule has 0 bridgehead atoms. The highest BCUT2D eigenvalue weighted by atomic mass is 79.9. The van der Waals surface area contributed by atoms with Crippen LogP contribution in [0, 0.1) is 6.92 Å². The van der Waals surface area contributed by atoms with E-state index in [0.717, 1.165) is 15.7 Å². The van der Waals surface area contributed by atoms with Crippen LogP contribution in [0.15, 0.2) is 40.9 Å². The second kappa shape index (κ2) is 6.63. The Morgan fingerprint density at radius 2 is 1.95 bits per heavy atom. The summed E-state index contributed by atoms with van der Waals surface area (Å²) in [6, 6.07) is 11.1. The molecule has 21 heavy (non-hydrogen) atoms. The highest BCUT2D eigenvalue weighted by Crippen LogP contribution is 2.29. The van der Waals surface area contributed by atoms with Crippen LogP contribution in [-0.4, -0.2) is 12.6 Å². The average Bonchev–Trinajstić information content (AvgIpc) is 2.43. The first-order valence-electron chi connectivity index (χ1n) is 6.61. The number of ether oxygens (including phenoxy) is 1. The third-order valence-electron chi connectivity index (χ3n) is 2.93. The zero-order valence-corrected chi connectivity index (χ0v) is 13.5. The molecular formula is C16H17BrN2O2. The maximum Gasteiger partial charge on any atom is 0.340 e. The van der Waals surface area contributed by atoms with E-state index in [1.165, 1.54) is 0 Å². The molecule has 0 radical (unpaired) electrons. The summed E-state index contributed by atoms with van der Waals surface area (Å²) in [4.78, 5) is 12.0. The number of esters is 1. The Kier molecular flexibility index (Phi) is 4.85. The Morgan fingerprint density at radius 3 is 2.62 bits per heavy atom. The molecule has 0 heterocycles. The maximum atomic E-state index is 12.0. The van der Waals surface area contributed by atoms with Crippen LogP contribution in [0.2, 0.25) is 0 Å². The van der Waals surface area contributed by atoms with E-state index < -0.39 is 5.97 Å². The number of benzene rings is 2. The maximum absolute atomic E-state index is 12.0. The molecular weight excluding hydrogens is 332 g/mol. The Morgan fingerprint density at radius 1 is 1.24 bits per heavy atom. The van der Waals surface area contributed by atoms with Gasteiger partial charge in [0, 0.05) is 10.2 Å². The normalized spacial score (nSPS) is 10.2. The lowest BCUT2D eigenvalue weighted by Gasteiger charge is -2.13. The number of carbonyl (C=O) groups excluding carboxylic acids is 1. The third kappa shape index (κ3) is 3.76. The van der Waals surface area contributed by atoms with Gasteiger partial charge in [0.2, 0.25) is 0 Å². The monoisotopic (exact) mass is 348 g/mol. The van der Waals surface area contributed by atoms with Crippen LogP contribution in [0.25, 0.3) is 0 Å². The van der Waals surface area contributed by atoms with Crippen molar-refractivity contribution < 1.29 is 9.53 Å². The number of halogens is 1. The van der Waals surface area contributed by atoms with Crippen LogP contribution >= 0.6 is 15.9 Å². The topological polar surface area (TPSA) is 64.3 Å². The molecule has 0 aliphatic carbocycles. The lowest BCUT2D eigenvalue weighted by molar-refractivity contribution is 0.0527. The fourth-order valence-electron chi connectivity index (χ4n) is 1.92. The van der Waals surface area contributed by atoms with E-state index in [1.54, 1.807) is 25.1 Å². The first-order chi connectivity index (χ1) is 10.0. The molecule has 110 valence electrons. The van der Waals surface area contributed by atoms with Crippen molar-refractivity contribution in [1.29, 1.82) is 0 Å². The molecule has 0 aliphatic heterocycles. The van der Waals surface area contributed by atoms with Gasteiger partial charge in [0.25, 0.3) is 0 Å². The van der Waals surface area contributed by atoms with Crippen LogP contribution < -0.4 is 11.1 Å². The predicted molar refractivity (Wildman–Crippen MR) is 89.0 cm³/mol. The minimum atomic E-state index is -0.393. The highest BCUT2D eigenvalue weighted by Gasteiger charge is 2.14. The SMILES string of the molecule is CCOC(=O)c1cc(N)ccc1Nc1ccc(C)cc1Br. The summed E-state index contributed by atoms with van der Waals surface area (Å²) in [5, 5.41) is 3.23. The lowest BCUT2D eigenvalue weighted by atomic mass is 10.1. The van der Waals surface area contributed by atoms with Gasteiger partial charge in [-0.15, -0.1) is 0 Å². The van der Waals surface area contributed by atoms with Gasteiger partial charge in [-0.2, -0.15) is 0 Å². The first kappa shape index (κ1) is 15.4. The highest BCUT2D eigenvalue weighted by molar-refractivity contribution is 9.10. The fraction of sp³-hybridized carbons (Fsp3) is 0.188. The molecule has 0 atom stereocenters. The predicted octanol–water partition coefficient (Wildman–Crippen LogP) is 4.26. The van der Waals surface area contributed by atoms with Crippen molar-refractivity contribution in [3.63, 3.8) is 0 Å². The van der Waals surface area contributed by atoms with Gasteiger partial charge < -0.3 is 15.8 Å². The molecule has 4 nitrogen and oxygen atoms in total. The minimum absolute atomic E-state index is 0.321. The van der Waals surface area contributed by atoms with Crippen LogP contribution in [-0.2, 0) is 4.74 Å². The Hall–Kier alpha value is -2.01. The molecule has 0 saturated heterocycles. The lowest BCUT2D eigenvalue weighted by Crippen LogP contribution is -2.09. The van der Waals surface area contributed by atoms with Crippen molar-refractivity contribution in [2.24, 2.45) is 0 Å². The van der Waals surface area contributed by atoms with Crippen molar-refractivity contribution in [3.05, 3.63) is 52.0 Å². The van der Waals surface area contributed by atoms with E-state index >= 15 is 0 Å². The summed E-state index contributed by atoms with van der Waals surface area (Å²) in [6.45, 7) is 4.11. The molecule has 0 amide bonds. The Labute approximate surface area is 132 Å². The first-order valence-corrected chi connectivity index (χ1v) is 7.40. The average molecular weight is 349 g/mol.